The number of hydrogen-bond acceptors (Lipinski definition) is 3. The topological polar surface area (TPSA) is 87.2 Å². The number of imidazole rings is 1. The number of phenolic OH excluding ortho intramolecular Hbond substituents is 1. The average Bonchev–Trinajstić information content (AvgIpc) is 2.77. The van der Waals surface area contributed by atoms with Crippen molar-refractivity contribution >= 4 is 23.2 Å². The first-order valence-corrected chi connectivity index (χ1v) is 6.35. The molecule has 0 bridgehead atoms. The summed E-state index contributed by atoms with van der Waals surface area (Å²) < 4.78 is 3.57. The Morgan fingerprint density at radius 2 is 2.05 bits per heavy atom. The third-order valence-electron chi connectivity index (χ3n) is 2.74. The molecule has 1 heterocycles. The Kier molecular flexibility index (Phi) is 5.94. The lowest BCUT2D eigenvalue weighted by molar-refractivity contribution is -0.671. The van der Waals surface area contributed by atoms with Crippen LogP contribution in [-0.2, 0) is 23.2 Å². The fourth-order valence-electron chi connectivity index (χ4n) is 1.87. The Balaban J connectivity index is 0.00000242. The van der Waals surface area contributed by atoms with Gasteiger partial charge >= 0.3 is 0 Å². The molecule has 2 amide bonds. The maximum Gasteiger partial charge on any atom is 0.266 e. The molecule has 22 heavy (non-hydrogen) atoms. The summed E-state index contributed by atoms with van der Waals surface area (Å²) >= 11 is 0. The van der Waals surface area contributed by atoms with Crippen molar-refractivity contribution in [1.82, 2.24) is 4.57 Å². The number of halogens is 1. The SMILES string of the molecule is CC(=O)Nc1ccc(NC(=O)Cn2cc[n+](C)c2)cc1O.[Cl-]. The Labute approximate surface area is 134 Å². The lowest BCUT2D eigenvalue weighted by Gasteiger charge is -2.08. The van der Waals surface area contributed by atoms with Gasteiger partial charge in [0.15, 0.2) is 6.54 Å². The smallest absolute Gasteiger partial charge is 0.266 e. The molecule has 0 aliphatic heterocycles. The summed E-state index contributed by atoms with van der Waals surface area (Å²) in [7, 11) is 1.87. The van der Waals surface area contributed by atoms with Gasteiger partial charge in [-0.05, 0) is 12.1 Å². The molecule has 0 saturated heterocycles. The molecule has 0 aliphatic rings. The quantitative estimate of drug-likeness (QED) is 0.433. The van der Waals surface area contributed by atoms with Crippen LogP contribution >= 0.6 is 0 Å². The molecule has 0 spiro atoms. The Bertz CT molecular complexity index is 684. The Hall–Kier alpha value is -2.54. The largest absolute Gasteiger partial charge is 1.00 e. The zero-order valence-corrected chi connectivity index (χ0v) is 13.0. The first kappa shape index (κ1) is 17.5. The molecule has 1 aromatic carbocycles. The zero-order valence-electron chi connectivity index (χ0n) is 12.2. The number of aryl methyl sites for hydroxylation is 1. The Morgan fingerprint density at radius 1 is 1.32 bits per heavy atom. The van der Waals surface area contributed by atoms with E-state index in [4.69, 9.17) is 0 Å². The van der Waals surface area contributed by atoms with Crippen molar-refractivity contribution in [2.75, 3.05) is 10.6 Å². The van der Waals surface area contributed by atoms with Crippen LogP contribution in [0.4, 0.5) is 11.4 Å². The summed E-state index contributed by atoms with van der Waals surface area (Å²) in [5.41, 5.74) is 0.765. The van der Waals surface area contributed by atoms with E-state index < -0.39 is 0 Å². The van der Waals surface area contributed by atoms with Crippen LogP contribution in [0.1, 0.15) is 6.92 Å². The second-order valence-corrected chi connectivity index (χ2v) is 4.71. The standard InChI is InChI=1S/C14H16N4O3.ClH/c1-10(19)15-12-4-3-11(7-13(12)20)16-14(21)8-18-6-5-17(2)9-18;/h3-7,9H,8H2,1-2H3,(H2-,15,16,19,20,21);1H. The normalized spacial score (nSPS) is 9.73. The molecule has 2 aromatic rings. The third-order valence-corrected chi connectivity index (χ3v) is 2.74. The summed E-state index contributed by atoms with van der Waals surface area (Å²) in [6.07, 6.45) is 5.41. The van der Waals surface area contributed by atoms with Crippen LogP contribution in [0.15, 0.2) is 36.9 Å². The number of nitrogens with zero attached hydrogens (tertiary/aromatic N) is 2. The molecule has 0 unspecified atom stereocenters. The number of rotatable bonds is 4. The average molecular weight is 325 g/mol. The van der Waals surface area contributed by atoms with Crippen LogP contribution in [-0.4, -0.2) is 21.5 Å². The third kappa shape index (κ3) is 4.78. The molecule has 0 radical (unpaired) electrons. The van der Waals surface area contributed by atoms with E-state index in [-0.39, 0.29) is 36.5 Å². The van der Waals surface area contributed by atoms with Crippen molar-refractivity contribution in [3.05, 3.63) is 36.9 Å². The lowest BCUT2D eigenvalue weighted by Crippen LogP contribution is -3.00. The van der Waals surface area contributed by atoms with Gasteiger partial charge in [-0.3, -0.25) is 9.59 Å². The van der Waals surface area contributed by atoms with E-state index >= 15 is 0 Å². The highest BCUT2D eigenvalue weighted by atomic mass is 35.5. The van der Waals surface area contributed by atoms with Crippen LogP contribution in [0, 0.1) is 0 Å². The second-order valence-electron chi connectivity index (χ2n) is 4.71. The van der Waals surface area contributed by atoms with Gasteiger partial charge in [-0.1, -0.05) is 0 Å². The zero-order chi connectivity index (χ0) is 15.4. The number of carbonyl (C=O) groups excluding carboxylic acids is 2. The summed E-state index contributed by atoms with van der Waals surface area (Å²) in [4.78, 5) is 22.8. The van der Waals surface area contributed by atoms with Gasteiger partial charge in [-0.25, -0.2) is 9.13 Å². The highest BCUT2D eigenvalue weighted by Gasteiger charge is 2.10. The van der Waals surface area contributed by atoms with E-state index in [0.29, 0.717) is 11.4 Å². The van der Waals surface area contributed by atoms with Crippen molar-refractivity contribution < 1.29 is 31.7 Å². The molecular formula is C14H17ClN4O3. The monoisotopic (exact) mass is 324 g/mol. The van der Waals surface area contributed by atoms with Crippen LogP contribution in [0.5, 0.6) is 5.75 Å². The van der Waals surface area contributed by atoms with Crippen molar-refractivity contribution in [1.29, 1.82) is 0 Å². The van der Waals surface area contributed by atoms with Crippen molar-refractivity contribution in [2.45, 2.75) is 13.5 Å². The molecular weight excluding hydrogens is 308 g/mol. The van der Waals surface area contributed by atoms with E-state index in [1.807, 2.05) is 17.8 Å². The highest BCUT2D eigenvalue weighted by Crippen LogP contribution is 2.26. The molecule has 7 nitrogen and oxygen atoms in total. The van der Waals surface area contributed by atoms with E-state index in [0.717, 1.165) is 0 Å². The van der Waals surface area contributed by atoms with Gasteiger partial charge in [0.2, 0.25) is 12.2 Å². The summed E-state index contributed by atoms with van der Waals surface area (Å²) in [6, 6.07) is 4.53. The molecule has 1 aromatic heterocycles. The number of hydrogen-bond donors (Lipinski definition) is 3. The maximum absolute atomic E-state index is 11.9. The number of aromatic hydroxyl groups is 1. The number of anilines is 2. The molecule has 0 saturated carbocycles. The van der Waals surface area contributed by atoms with E-state index in [1.54, 1.807) is 23.2 Å². The predicted octanol–water partition coefficient (Wildman–Crippen LogP) is -2.38. The van der Waals surface area contributed by atoms with E-state index in [9.17, 15) is 14.7 Å². The van der Waals surface area contributed by atoms with Gasteiger partial charge in [0.1, 0.15) is 18.1 Å². The minimum absolute atomic E-state index is 0. The maximum atomic E-state index is 11.9. The summed E-state index contributed by atoms with van der Waals surface area (Å²) in [5, 5.41) is 14.9. The first-order chi connectivity index (χ1) is 9.94. The number of aromatic nitrogens is 2. The molecule has 118 valence electrons. The molecule has 3 N–H and O–H groups in total. The van der Waals surface area contributed by atoms with Gasteiger partial charge in [0.05, 0.1) is 12.7 Å². The minimum atomic E-state index is -0.275. The molecule has 0 fully saturated rings. The number of carbonyl (C=O) groups is 2. The minimum Gasteiger partial charge on any atom is -1.00 e. The number of amides is 2. The number of nitrogens with one attached hydrogen (secondary N) is 2. The van der Waals surface area contributed by atoms with Crippen LogP contribution in [0.25, 0.3) is 0 Å². The highest BCUT2D eigenvalue weighted by molar-refractivity contribution is 5.93. The predicted molar refractivity (Wildman–Crippen MR) is 76.6 cm³/mol. The van der Waals surface area contributed by atoms with Gasteiger partial charge in [-0.15, -0.1) is 0 Å². The molecule has 0 atom stereocenters. The molecule has 8 heteroatoms. The number of benzene rings is 1. The Morgan fingerprint density at radius 3 is 2.59 bits per heavy atom. The summed E-state index contributed by atoms with van der Waals surface area (Å²) in [6.45, 7) is 1.53. The first-order valence-electron chi connectivity index (χ1n) is 6.35. The van der Waals surface area contributed by atoms with Crippen molar-refractivity contribution in [2.24, 2.45) is 7.05 Å². The fraction of sp³-hybridized carbons (Fsp3) is 0.214. The van der Waals surface area contributed by atoms with Crippen LogP contribution < -0.4 is 27.6 Å². The van der Waals surface area contributed by atoms with Gasteiger partial charge in [0, 0.05) is 18.7 Å². The summed E-state index contributed by atoms with van der Waals surface area (Å²) in [5.74, 6) is -0.587. The van der Waals surface area contributed by atoms with Gasteiger partial charge in [-0.2, -0.15) is 0 Å². The van der Waals surface area contributed by atoms with Crippen molar-refractivity contribution in [3.8, 4) is 5.75 Å². The fourth-order valence-corrected chi connectivity index (χ4v) is 1.87. The van der Waals surface area contributed by atoms with Crippen LogP contribution in [0.2, 0.25) is 0 Å². The van der Waals surface area contributed by atoms with Crippen molar-refractivity contribution in [3.63, 3.8) is 0 Å². The molecule has 0 aliphatic carbocycles. The van der Waals surface area contributed by atoms with Gasteiger partial charge < -0.3 is 28.1 Å². The van der Waals surface area contributed by atoms with Crippen LogP contribution in [0.3, 0.4) is 0 Å². The second kappa shape index (κ2) is 7.46. The van der Waals surface area contributed by atoms with Gasteiger partial charge in [0.25, 0.3) is 5.91 Å². The molecule has 2 rings (SSSR count). The lowest BCUT2D eigenvalue weighted by atomic mass is 10.2. The number of phenols is 1. The van der Waals surface area contributed by atoms with E-state index in [1.165, 1.54) is 19.1 Å². The van der Waals surface area contributed by atoms with E-state index in [2.05, 4.69) is 10.6 Å².